The van der Waals surface area contributed by atoms with Crippen LogP contribution < -0.4 is 10.6 Å². The number of hydrogen-bond donors (Lipinski definition) is 2. The van der Waals surface area contributed by atoms with E-state index in [2.05, 4.69) is 10.6 Å². The van der Waals surface area contributed by atoms with Gasteiger partial charge in [-0.1, -0.05) is 35.4 Å². The highest BCUT2D eigenvalue weighted by molar-refractivity contribution is 7.99. The summed E-state index contributed by atoms with van der Waals surface area (Å²) < 4.78 is 13.3. The first-order valence-electron chi connectivity index (χ1n) is 9.26. The first-order chi connectivity index (χ1) is 14.2. The van der Waals surface area contributed by atoms with E-state index in [4.69, 9.17) is 11.6 Å². The summed E-state index contributed by atoms with van der Waals surface area (Å²) in [4.78, 5) is 39.3. The topological polar surface area (TPSA) is 78.5 Å². The lowest BCUT2D eigenvalue weighted by molar-refractivity contribution is -0.134. The Morgan fingerprint density at radius 2 is 1.93 bits per heavy atom. The zero-order valence-electron chi connectivity index (χ0n) is 16.5. The van der Waals surface area contributed by atoms with Gasteiger partial charge >= 0.3 is 6.03 Å². The Morgan fingerprint density at radius 3 is 2.60 bits per heavy atom. The van der Waals surface area contributed by atoms with Gasteiger partial charge in [-0.05, 0) is 38.1 Å². The minimum atomic E-state index is -1.47. The number of aryl methyl sites for hydroxylation is 1. The molecule has 0 spiro atoms. The van der Waals surface area contributed by atoms with E-state index in [-0.39, 0.29) is 10.6 Å². The van der Waals surface area contributed by atoms with Gasteiger partial charge in [-0.3, -0.25) is 14.5 Å². The molecule has 2 aromatic carbocycles. The monoisotopic (exact) mass is 449 g/mol. The minimum absolute atomic E-state index is 0.0191. The van der Waals surface area contributed by atoms with Crippen molar-refractivity contribution in [2.75, 3.05) is 18.8 Å². The van der Waals surface area contributed by atoms with Crippen LogP contribution in [0.4, 0.5) is 9.18 Å². The van der Waals surface area contributed by atoms with Crippen LogP contribution in [-0.2, 0) is 15.1 Å². The standard InChI is InChI=1S/C21H21ClFN3O3S/c1-13-3-6-15(7-4-13)30-10-9-24-18(27)12-26-19(28)21(2,25-20(26)29)16-8-5-14(23)11-17(16)22/h3-8,11H,9-10,12H2,1-2H3,(H,24,27)(H,25,29). The summed E-state index contributed by atoms with van der Waals surface area (Å²) in [6.07, 6.45) is 0. The van der Waals surface area contributed by atoms with Crippen LogP contribution in [0.25, 0.3) is 0 Å². The van der Waals surface area contributed by atoms with Crippen LogP contribution in [0, 0.1) is 12.7 Å². The Hall–Kier alpha value is -2.58. The molecule has 1 saturated heterocycles. The molecule has 158 valence electrons. The summed E-state index contributed by atoms with van der Waals surface area (Å²) in [6, 6.07) is 10.9. The van der Waals surface area contributed by atoms with E-state index >= 15 is 0 Å². The number of rotatable bonds is 7. The third-order valence-corrected chi connectivity index (χ3v) is 6.09. The average molecular weight is 450 g/mol. The second-order valence-electron chi connectivity index (χ2n) is 7.08. The lowest BCUT2D eigenvalue weighted by atomic mass is 9.92. The number of imide groups is 1. The quantitative estimate of drug-likeness (QED) is 0.385. The summed E-state index contributed by atoms with van der Waals surface area (Å²) in [5.41, 5.74) is -0.0276. The van der Waals surface area contributed by atoms with Gasteiger partial charge in [-0.25, -0.2) is 9.18 Å². The van der Waals surface area contributed by atoms with Crippen LogP contribution in [0.3, 0.4) is 0 Å². The molecule has 6 nitrogen and oxygen atoms in total. The molecule has 0 bridgehead atoms. The molecular weight excluding hydrogens is 429 g/mol. The first-order valence-corrected chi connectivity index (χ1v) is 10.6. The largest absolute Gasteiger partial charge is 0.354 e. The fourth-order valence-electron chi connectivity index (χ4n) is 3.11. The van der Waals surface area contributed by atoms with E-state index in [0.29, 0.717) is 12.3 Å². The molecule has 9 heteroatoms. The molecule has 1 fully saturated rings. The molecule has 2 N–H and O–H groups in total. The highest BCUT2D eigenvalue weighted by Crippen LogP contribution is 2.33. The maximum atomic E-state index is 13.3. The number of hydrogen-bond acceptors (Lipinski definition) is 4. The molecule has 1 aliphatic heterocycles. The molecule has 4 amide bonds. The first kappa shape index (κ1) is 22.1. The normalized spacial score (nSPS) is 18.5. The fourth-order valence-corrected chi connectivity index (χ4v) is 4.24. The molecule has 0 radical (unpaired) electrons. The lowest BCUT2D eigenvalue weighted by Gasteiger charge is -2.23. The van der Waals surface area contributed by atoms with Gasteiger partial charge in [0.05, 0.1) is 0 Å². The van der Waals surface area contributed by atoms with Crippen molar-refractivity contribution in [3.8, 4) is 0 Å². The van der Waals surface area contributed by atoms with Crippen molar-refractivity contribution >= 4 is 41.2 Å². The Kier molecular flexibility index (Phi) is 6.67. The van der Waals surface area contributed by atoms with E-state index < -0.39 is 35.7 Å². The van der Waals surface area contributed by atoms with Crippen molar-refractivity contribution in [2.24, 2.45) is 0 Å². The van der Waals surface area contributed by atoms with Crippen molar-refractivity contribution in [1.29, 1.82) is 0 Å². The maximum Gasteiger partial charge on any atom is 0.325 e. The molecule has 0 aromatic heterocycles. The van der Waals surface area contributed by atoms with Crippen molar-refractivity contribution in [3.05, 3.63) is 64.4 Å². The molecule has 0 saturated carbocycles. The Labute approximate surface area is 183 Å². The number of benzene rings is 2. The number of urea groups is 1. The predicted octanol–water partition coefficient (Wildman–Crippen LogP) is 3.46. The van der Waals surface area contributed by atoms with Crippen molar-refractivity contribution in [1.82, 2.24) is 15.5 Å². The molecule has 1 heterocycles. The van der Waals surface area contributed by atoms with Crippen LogP contribution in [-0.4, -0.2) is 41.6 Å². The van der Waals surface area contributed by atoms with E-state index in [0.717, 1.165) is 21.9 Å². The van der Waals surface area contributed by atoms with Gasteiger partial charge in [-0.15, -0.1) is 11.8 Å². The predicted molar refractivity (Wildman–Crippen MR) is 114 cm³/mol. The summed E-state index contributed by atoms with van der Waals surface area (Å²) >= 11 is 7.66. The average Bonchev–Trinajstić information content (AvgIpc) is 2.90. The smallest absolute Gasteiger partial charge is 0.325 e. The molecule has 1 aliphatic rings. The van der Waals surface area contributed by atoms with Crippen LogP contribution in [0.1, 0.15) is 18.1 Å². The lowest BCUT2D eigenvalue weighted by Crippen LogP contribution is -2.43. The number of thioether (sulfide) groups is 1. The number of halogens is 2. The molecule has 30 heavy (non-hydrogen) atoms. The van der Waals surface area contributed by atoms with Crippen molar-refractivity contribution < 1.29 is 18.8 Å². The van der Waals surface area contributed by atoms with Crippen LogP contribution in [0.2, 0.25) is 5.02 Å². The Balaban J connectivity index is 1.55. The van der Waals surface area contributed by atoms with E-state index in [9.17, 15) is 18.8 Å². The van der Waals surface area contributed by atoms with E-state index in [1.165, 1.54) is 18.6 Å². The number of amides is 4. The molecule has 1 atom stereocenters. The summed E-state index contributed by atoms with van der Waals surface area (Å²) in [6.45, 7) is 3.47. The van der Waals surface area contributed by atoms with Gasteiger partial charge < -0.3 is 10.6 Å². The highest BCUT2D eigenvalue weighted by Gasteiger charge is 2.50. The third-order valence-electron chi connectivity index (χ3n) is 4.76. The minimum Gasteiger partial charge on any atom is -0.354 e. The number of nitrogens with zero attached hydrogens (tertiary/aromatic N) is 1. The third kappa shape index (κ3) is 4.76. The van der Waals surface area contributed by atoms with Crippen LogP contribution in [0.5, 0.6) is 0 Å². The van der Waals surface area contributed by atoms with E-state index in [1.807, 2.05) is 31.2 Å². The highest BCUT2D eigenvalue weighted by atomic mass is 35.5. The summed E-state index contributed by atoms with van der Waals surface area (Å²) in [5, 5.41) is 5.28. The van der Waals surface area contributed by atoms with E-state index in [1.54, 1.807) is 11.8 Å². The van der Waals surface area contributed by atoms with Gasteiger partial charge in [0.1, 0.15) is 17.9 Å². The van der Waals surface area contributed by atoms with Gasteiger partial charge in [-0.2, -0.15) is 0 Å². The molecule has 2 aromatic rings. The summed E-state index contributed by atoms with van der Waals surface area (Å²) in [5.74, 6) is -0.968. The number of carbonyl (C=O) groups excluding carboxylic acids is 3. The Morgan fingerprint density at radius 1 is 1.23 bits per heavy atom. The van der Waals surface area contributed by atoms with Crippen molar-refractivity contribution in [3.63, 3.8) is 0 Å². The van der Waals surface area contributed by atoms with Gasteiger partial charge in [0.2, 0.25) is 5.91 Å². The van der Waals surface area contributed by atoms with Gasteiger partial charge in [0.15, 0.2) is 0 Å². The van der Waals surface area contributed by atoms with Gasteiger partial charge in [0.25, 0.3) is 5.91 Å². The number of nitrogens with one attached hydrogen (secondary N) is 2. The number of carbonyl (C=O) groups is 3. The molecule has 1 unspecified atom stereocenters. The van der Waals surface area contributed by atoms with Gasteiger partial charge in [0, 0.05) is 27.8 Å². The second kappa shape index (κ2) is 9.06. The molecule has 0 aliphatic carbocycles. The van der Waals surface area contributed by atoms with Crippen LogP contribution in [0.15, 0.2) is 47.4 Å². The fraction of sp³-hybridized carbons (Fsp3) is 0.286. The summed E-state index contributed by atoms with van der Waals surface area (Å²) in [7, 11) is 0. The zero-order chi connectivity index (χ0) is 21.9. The zero-order valence-corrected chi connectivity index (χ0v) is 18.1. The molecule has 3 rings (SSSR count). The molecular formula is C21H21ClFN3O3S. The van der Waals surface area contributed by atoms with Crippen LogP contribution >= 0.6 is 23.4 Å². The maximum absolute atomic E-state index is 13.3. The Bertz CT molecular complexity index is 986. The second-order valence-corrected chi connectivity index (χ2v) is 8.66. The van der Waals surface area contributed by atoms with Crippen molar-refractivity contribution in [2.45, 2.75) is 24.3 Å². The SMILES string of the molecule is Cc1ccc(SCCNC(=O)CN2C(=O)NC(C)(c3ccc(F)cc3Cl)C2=O)cc1.